The van der Waals surface area contributed by atoms with E-state index in [9.17, 15) is 9.18 Å². The van der Waals surface area contributed by atoms with Gasteiger partial charge in [-0.1, -0.05) is 30.0 Å². The standard InChI is InChI=1S/C18H16FN3O3S/c1-12(23)20-14-6-8-15(9-7-14)24-10-17-21-22-18(25-17)26-11-13-4-2-3-5-16(13)19/h2-9H,10-11H2,1H3,(H,20,23). The van der Waals surface area contributed by atoms with Gasteiger partial charge in [0.2, 0.25) is 5.91 Å². The molecular formula is C18H16FN3O3S. The number of nitrogens with one attached hydrogen (secondary N) is 1. The number of benzene rings is 2. The maximum Gasteiger partial charge on any atom is 0.277 e. The van der Waals surface area contributed by atoms with Crippen molar-refractivity contribution < 1.29 is 18.3 Å². The first kappa shape index (κ1) is 17.9. The van der Waals surface area contributed by atoms with Gasteiger partial charge in [0.05, 0.1) is 0 Å². The largest absolute Gasteiger partial charge is 0.484 e. The zero-order valence-electron chi connectivity index (χ0n) is 13.9. The molecule has 0 saturated heterocycles. The molecule has 134 valence electrons. The van der Waals surface area contributed by atoms with Gasteiger partial charge >= 0.3 is 0 Å². The van der Waals surface area contributed by atoms with E-state index in [1.165, 1.54) is 24.8 Å². The van der Waals surface area contributed by atoms with Crippen molar-refractivity contribution in [1.82, 2.24) is 10.2 Å². The van der Waals surface area contributed by atoms with Crippen molar-refractivity contribution in [1.29, 1.82) is 0 Å². The molecule has 2 aromatic carbocycles. The highest BCUT2D eigenvalue weighted by atomic mass is 32.2. The molecule has 6 nitrogen and oxygen atoms in total. The molecule has 1 amide bonds. The third-order valence-corrected chi connectivity index (χ3v) is 4.16. The highest BCUT2D eigenvalue weighted by molar-refractivity contribution is 7.98. The van der Waals surface area contributed by atoms with Crippen LogP contribution in [0, 0.1) is 5.82 Å². The highest BCUT2D eigenvalue weighted by Crippen LogP contribution is 2.23. The average Bonchev–Trinajstić information content (AvgIpc) is 3.08. The summed E-state index contributed by atoms with van der Waals surface area (Å²) in [7, 11) is 0. The summed E-state index contributed by atoms with van der Waals surface area (Å²) in [5.41, 5.74) is 1.27. The molecule has 3 rings (SSSR count). The van der Waals surface area contributed by atoms with Gasteiger partial charge in [0.1, 0.15) is 11.6 Å². The number of carbonyl (C=O) groups excluding carboxylic acids is 1. The van der Waals surface area contributed by atoms with Crippen molar-refractivity contribution in [3.8, 4) is 5.75 Å². The number of rotatable bonds is 7. The summed E-state index contributed by atoms with van der Waals surface area (Å²) in [4.78, 5) is 11.0. The SMILES string of the molecule is CC(=O)Nc1ccc(OCc2nnc(SCc3ccccc3F)o2)cc1. The summed E-state index contributed by atoms with van der Waals surface area (Å²) < 4.78 is 24.6. The molecule has 1 N–H and O–H groups in total. The summed E-state index contributed by atoms with van der Waals surface area (Å²) in [5, 5.41) is 10.9. The van der Waals surface area contributed by atoms with Crippen LogP contribution in [0.15, 0.2) is 58.2 Å². The zero-order valence-corrected chi connectivity index (χ0v) is 14.8. The van der Waals surface area contributed by atoms with Gasteiger partial charge in [0.15, 0.2) is 6.61 Å². The van der Waals surface area contributed by atoms with E-state index in [0.29, 0.717) is 33.9 Å². The lowest BCUT2D eigenvalue weighted by Crippen LogP contribution is -2.05. The van der Waals surface area contributed by atoms with Crippen molar-refractivity contribution in [2.45, 2.75) is 24.5 Å². The van der Waals surface area contributed by atoms with E-state index in [-0.39, 0.29) is 18.3 Å². The van der Waals surface area contributed by atoms with E-state index in [2.05, 4.69) is 15.5 Å². The smallest absolute Gasteiger partial charge is 0.277 e. The molecule has 1 heterocycles. The number of hydrogen-bond acceptors (Lipinski definition) is 6. The quantitative estimate of drug-likeness (QED) is 0.630. The lowest BCUT2D eigenvalue weighted by atomic mass is 10.2. The first-order valence-electron chi connectivity index (χ1n) is 7.79. The van der Waals surface area contributed by atoms with E-state index in [0.717, 1.165) is 0 Å². The molecule has 8 heteroatoms. The Morgan fingerprint density at radius 3 is 2.69 bits per heavy atom. The van der Waals surface area contributed by atoms with Gasteiger partial charge < -0.3 is 14.5 Å². The summed E-state index contributed by atoms with van der Waals surface area (Å²) in [6.45, 7) is 1.56. The highest BCUT2D eigenvalue weighted by Gasteiger charge is 2.09. The summed E-state index contributed by atoms with van der Waals surface area (Å²) >= 11 is 1.26. The summed E-state index contributed by atoms with van der Waals surface area (Å²) in [6.07, 6.45) is 0. The number of aromatic nitrogens is 2. The van der Waals surface area contributed by atoms with Gasteiger partial charge in [-0.2, -0.15) is 0 Å². The second-order valence-corrected chi connectivity index (χ2v) is 6.26. The second kappa shape index (κ2) is 8.48. The predicted octanol–water partition coefficient (Wildman–Crippen LogP) is 4.04. The van der Waals surface area contributed by atoms with Crippen LogP contribution >= 0.6 is 11.8 Å². The minimum Gasteiger partial charge on any atom is -0.484 e. The molecule has 0 aliphatic carbocycles. The molecule has 0 spiro atoms. The molecule has 0 radical (unpaired) electrons. The van der Waals surface area contributed by atoms with E-state index >= 15 is 0 Å². The molecule has 0 aliphatic heterocycles. The number of thioether (sulfide) groups is 1. The minimum atomic E-state index is -0.259. The van der Waals surface area contributed by atoms with Crippen molar-refractivity contribution in [3.63, 3.8) is 0 Å². The summed E-state index contributed by atoms with van der Waals surface area (Å²) in [5.74, 6) is 0.945. The number of amides is 1. The fraction of sp³-hybridized carbons (Fsp3) is 0.167. The number of carbonyl (C=O) groups is 1. The number of ether oxygens (including phenoxy) is 1. The Morgan fingerprint density at radius 2 is 1.96 bits per heavy atom. The molecule has 0 saturated carbocycles. The van der Waals surface area contributed by atoms with Crippen LogP contribution in [0.25, 0.3) is 0 Å². The van der Waals surface area contributed by atoms with Crippen molar-refractivity contribution in [3.05, 3.63) is 65.8 Å². The van der Waals surface area contributed by atoms with Crippen molar-refractivity contribution in [2.24, 2.45) is 0 Å². The molecule has 3 aromatic rings. The van der Waals surface area contributed by atoms with Gasteiger partial charge in [0.25, 0.3) is 11.1 Å². The second-order valence-electron chi connectivity index (χ2n) is 5.34. The van der Waals surface area contributed by atoms with E-state index < -0.39 is 0 Å². The summed E-state index contributed by atoms with van der Waals surface area (Å²) in [6, 6.07) is 13.5. The normalized spacial score (nSPS) is 10.5. The van der Waals surface area contributed by atoms with Crippen LogP contribution in [-0.4, -0.2) is 16.1 Å². The maximum absolute atomic E-state index is 13.6. The van der Waals surface area contributed by atoms with Crippen LogP contribution in [0.5, 0.6) is 5.75 Å². The van der Waals surface area contributed by atoms with E-state index in [1.807, 2.05) is 0 Å². The average molecular weight is 373 g/mol. The van der Waals surface area contributed by atoms with Crippen molar-refractivity contribution in [2.75, 3.05) is 5.32 Å². The molecule has 0 unspecified atom stereocenters. The molecule has 0 atom stereocenters. The van der Waals surface area contributed by atoms with Crippen LogP contribution < -0.4 is 10.1 Å². The number of anilines is 1. The third-order valence-electron chi connectivity index (χ3n) is 3.29. The molecule has 0 bridgehead atoms. The van der Waals surface area contributed by atoms with E-state index in [4.69, 9.17) is 9.15 Å². The predicted molar refractivity (Wildman–Crippen MR) is 95.3 cm³/mol. The maximum atomic E-state index is 13.6. The number of nitrogens with zero attached hydrogens (tertiary/aromatic N) is 2. The first-order valence-corrected chi connectivity index (χ1v) is 8.78. The molecule has 26 heavy (non-hydrogen) atoms. The zero-order chi connectivity index (χ0) is 18.4. The lowest BCUT2D eigenvalue weighted by Gasteiger charge is -2.05. The lowest BCUT2D eigenvalue weighted by molar-refractivity contribution is -0.114. The van der Waals surface area contributed by atoms with Crippen LogP contribution in [-0.2, 0) is 17.2 Å². The Morgan fingerprint density at radius 1 is 1.19 bits per heavy atom. The fourth-order valence-electron chi connectivity index (χ4n) is 2.09. The molecule has 1 aromatic heterocycles. The molecule has 0 fully saturated rings. The van der Waals surface area contributed by atoms with Gasteiger partial charge in [-0.3, -0.25) is 4.79 Å². The Balaban J connectivity index is 1.50. The van der Waals surface area contributed by atoms with Gasteiger partial charge in [-0.05, 0) is 35.9 Å². The number of hydrogen-bond donors (Lipinski definition) is 1. The Bertz CT molecular complexity index is 883. The van der Waals surface area contributed by atoms with Crippen molar-refractivity contribution >= 4 is 23.4 Å². The Kier molecular flexibility index (Phi) is 5.85. The van der Waals surface area contributed by atoms with Gasteiger partial charge in [-0.25, -0.2) is 4.39 Å². The Labute approximate surface area is 153 Å². The van der Waals surface area contributed by atoms with Crippen LogP contribution in [0.4, 0.5) is 10.1 Å². The van der Waals surface area contributed by atoms with Crippen LogP contribution in [0.2, 0.25) is 0 Å². The first-order chi connectivity index (χ1) is 12.6. The topological polar surface area (TPSA) is 77.2 Å². The Hall–Kier alpha value is -2.87. The fourth-order valence-corrected chi connectivity index (χ4v) is 2.86. The number of halogens is 1. The van der Waals surface area contributed by atoms with Crippen LogP contribution in [0.3, 0.4) is 0 Å². The monoisotopic (exact) mass is 373 g/mol. The van der Waals surface area contributed by atoms with Gasteiger partial charge in [0, 0.05) is 18.4 Å². The minimum absolute atomic E-state index is 0.118. The molecule has 0 aliphatic rings. The third kappa shape index (κ3) is 5.06. The van der Waals surface area contributed by atoms with Crippen LogP contribution in [0.1, 0.15) is 18.4 Å². The van der Waals surface area contributed by atoms with E-state index in [1.54, 1.807) is 42.5 Å². The van der Waals surface area contributed by atoms with Gasteiger partial charge in [-0.15, -0.1) is 10.2 Å². The molecular weight excluding hydrogens is 357 g/mol.